The van der Waals surface area contributed by atoms with Crippen molar-refractivity contribution < 1.29 is 15.3 Å². The van der Waals surface area contributed by atoms with E-state index in [1.54, 1.807) is 0 Å². The molecule has 18 heavy (non-hydrogen) atoms. The first-order valence-corrected chi connectivity index (χ1v) is 7.27. The third-order valence-electron chi connectivity index (χ3n) is 4.04. The first-order valence-electron chi connectivity index (χ1n) is 7.27. The Morgan fingerprint density at radius 1 is 1.06 bits per heavy atom. The number of aliphatic hydroxyl groups excluding tert-OH is 3. The molecule has 1 rings (SSSR count). The Hall–Kier alpha value is -0.160. The lowest BCUT2D eigenvalue weighted by Crippen LogP contribution is -2.44. The summed E-state index contributed by atoms with van der Waals surface area (Å²) in [6.07, 6.45) is 3.08. The number of hydrogen-bond donors (Lipinski definition) is 3. The minimum absolute atomic E-state index is 0.0428. The van der Waals surface area contributed by atoms with Crippen LogP contribution in [0.2, 0.25) is 0 Å². The molecule has 0 aliphatic carbocycles. The maximum atomic E-state index is 10.1. The third kappa shape index (κ3) is 3.44. The fraction of sp³-hybridized carbons (Fsp3) is 1.00. The second kappa shape index (κ2) is 7.43. The van der Waals surface area contributed by atoms with Crippen LogP contribution < -0.4 is 0 Å². The fourth-order valence-corrected chi connectivity index (χ4v) is 3.07. The molecule has 0 spiro atoms. The van der Waals surface area contributed by atoms with Crippen LogP contribution in [0.5, 0.6) is 0 Å². The molecular formula is C14H29NO3. The quantitative estimate of drug-likeness (QED) is 0.597. The van der Waals surface area contributed by atoms with Crippen molar-refractivity contribution in [2.75, 3.05) is 13.2 Å². The molecule has 108 valence electrons. The van der Waals surface area contributed by atoms with E-state index in [0.29, 0.717) is 0 Å². The molecule has 1 fully saturated rings. The molecule has 1 saturated heterocycles. The Morgan fingerprint density at radius 2 is 1.72 bits per heavy atom. The van der Waals surface area contributed by atoms with E-state index in [-0.39, 0.29) is 24.6 Å². The van der Waals surface area contributed by atoms with Crippen molar-refractivity contribution in [1.29, 1.82) is 0 Å². The fourth-order valence-electron chi connectivity index (χ4n) is 3.07. The summed E-state index contributed by atoms with van der Waals surface area (Å²) >= 11 is 0. The maximum absolute atomic E-state index is 10.1. The van der Waals surface area contributed by atoms with Crippen molar-refractivity contribution >= 4 is 0 Å². The standard InChI is InChI=1S/C14H29NO3/c1-4-5-6-7-8-15-11(9-16)13(17)14(18)12(15)10(2)3/h10-14,16-18H,4-9H2,1-3H3/t11-,12+,13-,14+/m1/s1. The highest BCUT2D eigenvalue weighted by atomic mass is 16.3. The smallest absolute Gasteiger partial charge is 0.0991 e. The summed E-state index contributed by atoms with van der Waals surface area (Å²) in [5, 5.41) is 29.5. The van der Waals surface area contributed by atoms with Gasteiger partial charge in [-0.3, -0.25) is 4.90 Å². The van der Waals surface area contributed by atoms with E-state index >= 15 is 0 Å². The predicted octanol–water partition coefficient (Wildman–Crippen LogP) is 0.990. The molecular weight excluding hydrogens is 230 g/mol. The Morgan fingerprint density at radius 3 is 2.22 bits per heavy atom. The number of likely N-dealkylation sites (tertiary alicyclic amines) is 1. The van der Waals surface area contributed by atoms with Crippen LogP contribution in [0, 0.1) is 5.92 Å². The van der Waals surface area contributed by atoms with Gasteiger partial charge < -0.3 is 15.3 Å². The predicted molar refractivity (Wildman–Crippen MR) is 72.4 cm³/mol. The number of unbranched alkanes of at least 4 members (excludes halogenated alkanes) is 3. The normalized spacial score (nSPS) is 33.5. The monoisotopic (exact) mass is 259 g/mol. The van der Waals surface area contributed by atoms with Crippen molar-refractivity contribution in [1.82, 2.24) is 4.90 Å². The summed E-state index contributed by atoms with van der Waals surface area (Å²) in [5.74, 6) is 0.275. The van der Waals surface area contributed by atoms with Crippen LogP contribution in [-0.4, -0.2) is 57.7 Å². The summed E-state index contributed by atoms with van der Waals surface area (Å²) in [6, 6.07) is -0.354. The zero-order chi connectivity index (χ0) is 13.7. The number of hydrogen-bond acceptors (Lipinski definition) is 4. The van der Waals surface area contributed by atoms with Crippen molar-refractivity contribution in [2.24, 2.45) is 5.92 Å². The Kier molecular flexibility index (Phi) is 6.57. The highest BCUT2D eigenvalue weighted by Crippen LogP contribution is 2.30. The summed E-state index contributed by atoms with van der Waals surface area (Å²) in [5.41, 5.74) is 0. The summed E-state index contributed by atoms with van der Waals surface area (Å²) in [4.78, 5) is 2.11. The van der Waals surface area contributed by atoms with Crippen LogP contribution in [0.25, 0.3) is 0 Å². The van der Waals surface area contributed by atoms with Crippen LogP contribution in [0.3, 0.4) is 0 Å². The molecule has 0 amide bonds. The second-order valence-electron chi connectivity index (χ2n) is 5.76. The van der Waals surface area contributed by atoms with Crippen molar-refractivity contribution in [3.63, 3.8) is 0 Å². The van der Waals surface area contributed by atoms with Gasteiger partial charge >= 0.3 is 0 Å². The van der Waals surface area contributed by atoms with Gasteiger partial charge in [0.15, 0.2) is 0 Å². The van der Waals surface area contributed by atoms with Gasteiger partial charge in [0.2, 0.25) is 0 Å². The zero-order valence-corrected chi connectivity index (χ0v) is 11.9. The lowest BCUT2D eigenvalue weighted by molar-refractivity contribution is 0.0146. The van der Waals surface area contributed by atoms with Gasteiger partial charge in [-0.15, -0.1) is 0 Å². The first-order chi connectivity index (χ1) is 8.54. The number of rotatable bonds is 7. The largest absolute Gasteiger partial charge is 0.395 e. The highest BCUT2D eigenvalue weighted by Gasteiger charge is 2.47. The second-order valence-corrected chi connectivity index (χ2v) is 5.76. The Labute approximate surface area is 111 Å². The van der Waals surface area contributed by atoms with Crippen molar-refractivity contribution in [3.05, 3.63) is 0 Å². The molecule has 1 aliphatic rings. The lowest BCUT2D eigenvalue weighted by Gasteiger charge is -2.32. The molecule has 0 radical (unpaired) electrons. The molecule has 1 aliphatic heterocycles. The lowest BCUT2D eigenvalue weighted by atomic mass is 9.98. The minimum atomic E-state index is -0.825. The van der Waals surface area contributed by atoms with Crippen molar-refractivity contribution in [2.45, 2.75) is 70.7 Å². The molecule has 4 nitrogen and oxygen atoms in total. The Bertz CT molecular complexity index is 235. The summed E-state index contributed by atoms with van der Waals surface area (Å²) < 4.78 is 0. The highest BCUT2D eigenvalue weighted by molar-refractivity contribution is 5.01. The van der Waals surface area contributed by atoms with Crippen LogP contribution in [-0.2, 0) is 0 Å². The van der Waals surface area contributed by atoms with E-state index in [0.717, 1.165) is 13.0 Å². The van der Waals surface area contributed by atoms with E-state index in [2.05, 4.69) is 25.7 Å². The summed E-state index contributed by atoms with van der Waals surface area (Å²) in [7, 11) is 0. The topological polar surface area (TPSA) is 63.9 Å². The average Bonchev–Trinajstić information content (AvgIpc) is 2.57. The van der Waals surface area contributed by atoms with Gasteiger partial charge in [-0.1, -0.05) is 40.0 Å². The number of nitrogens with zero attached hydrogens (tertiary/aromatic N) is 1. The summed E-state index contributed by atoms with van der Waals surface area (Å²) in [6.45, 7) is 7.05. The van der Waals surface area contributed by atoms with Crippen LogP contribution in [0.1, 0.15) is 46.5 Å². The van der Waals surface area contributed by atoms with E-state index in [1.807, 2.05) is 0 Å². The van der Waals surface area contributed by atoms with Crippen molar-refractivity contribution in [3.8, 4) is 0 Å². The molecule has 0 saturated carbocycles. The van der Waals surface area contributed by atoms with Gasteiger partial charge in [-0.05, 0) is 18.9 Å². The molecule has 0 aromatic carbocycles. The Balaban J connectivity index is 2.63. The molecule has 0 aromatic rings. The van der Waals surface area contributed by atoms with Gasteiger partial charge in [0.1, 0.15) is 0 Å². The van der Waals surface area contributed by atoms with E-state index in [1.165, 1.54) is 19.3 Å². The molecule has 0 unspecified atom stereocenters. The molecule has 0 bridgehead atoms. The molecule has 4 atom stereocenters. The van der Waals surface area contributed by atoms with Gasteiger partial charge in [0, 0.05) is 6.04 Å². The van der Waals surface area contributed by atoms with Crippen LogP contribution >= 0.6 is 0 Å². The van der Waals surface area contributed by atoms with Crippen LogP contribution in [0.15, 0.2) is 0 Å². The molecule has 4 heteroatoms. The minimum Gasteiger partial charge on any atom is -0.395 e. The number of aliphatic hydroxyl groups is 3. The van der Waals surface area contributed by atoms with Crippen LogP contribution in [0.4, 0.5) is 0 Å². The van der Waals surface area contributed by atoms with Gasteiger partial charge in [0.05, 0.1) is 24.9 Å². The van der Waals surface area contributed by atoms with Gasteiger partial charge in [0.25, 0.3) is 0 Å². The SMILES string of the molecule is CCCCCCN1[C@H](CO)[C@@H](O)[C@@H](O)[C@@H]1C(C)C. The molecule has 3 N–H and O–H groups in total. The van der Waals surface area contributed by atoms with Gasteiger partial charge in [-0.2, -0.15) is 0 Å². The zero-order valence-electron chi connectivity index (χ0n) is 11.9. The van der Waals surface area contributed by atoms with E-state index < -0.39 is 12.2 Å². The maximum Gasteiger partial charge on any atom is 0.0991 e. The van der Waals surface area contributed by atoms with E-state index in [4.69, 9.17) is 0 Å². The van der Waals surface area contributed by atoms with Gasteiger partial charge in [-0.25, -0.2) is 0 Å². The molecule has 0 aromatic heterocycles. The third-order valence-corrected chi connectivity index (χ3v) is 4.04. The molecule has 1 heterocycles. The first kappa shape index (κ1) is 15.9. The average molecular weight is 259 g/mol. The van der Waals surface area contributed by atoms with E-state index in [9.17, 15) is 15.3 Å².